The molecular weight excluding hydrogens is 536 g/mol. The van der Waals surface area contributed by atoms with Crippen molar-refractivity contribution in [1.29, 1.82) is 0 Å². The molecule has 40 heavy (non-hydrogen) atoms. The van der Waals surface area contributed by atoms with Crippen molar-refractivity contribution in [2.24, 2.45) is 0 Å². The van der Waals surface area contributed by atoms with E-state index in [1.165, 1.54) is 20.3 Å². The average Bonchev–Trinajstić information content (AvgIpc) is 2.96. The van der Waals surface area contributed by atoms with Crippen LogP contribution in [0.4, 0.5) is 0 Å². The molecule has 2 fully saturated rings. The van der Waals surface area contributed by atoms with Crippen LogP contribution in [0.15, 0.2) is 39.5 Å². The predicted molar refractivity (Wildman–Crippen MR) is 134 cm³/mol. The van der Waals surface area contributed by atoms with Crippen LogP contribution in [0.1, 0.15) is 0 Å². The zero-order valence-corrected chi connectivity index (χ0v) is 21.4. The fraction of sp³-hybridized carbons (Fsp3) is 0.500. The van der Waals surface area contributed by atoms with Crippen molar-refractivity contribution in [1.82, 2.24) is 0 Å². The normalized spacial score (nSPS) is 32.8. The van der Waals surface area contributed by atoms with Crippen molar-refractivity contribution >= 4 is 21.9 Å². The number of methoxy groups -OCH3 is 2. The maximum Gasteiger partial charge on any atom is 0.229 e. The lowest BCUT2D eigenvalue weighted by atomic mass is 9.99. The molecule has 218 valence electrons. The Morgan fingerprint density at radius 1 is 0.875 bits per heavy atom. The van der Waals surface area contributed by atoms with Gasteiger partial charge in [0.15, 0.2) is 17.6 Å². The molecule has 0 spiro atoms. The SMILES string of the molecule is COc1c(O[C@@H]2O[C@H](CO[C@@H]3OC[C@H](O)[C@H](O)[C@H]3O)[C@@H](O)[C@H](O)[C@H]2O)cc(OC)c2c(=O)c3ccccc3oc12. The summed E-state index contributed by atoms with van der Waals surface area (Å²) >= 11 is 0. The van der Waals surface area contributed by atoms with Crippen molar-refractivity contribution in [2.45, 2.75) is 55.3 Å². The molecule has 2 aromatic carbocycles. The Morgan fingerprint density at radius 2 is 1.60 bits per heavy atom. The van der Waals surface area contributed by atoms with Crippen molar-refractivity contribution in [3.8, 4) is 17.2 Å². The molecule has 0 radical (unpaired) electrons. The van der Waals surface area contributed by atoms with E-state index >= 15 is 0 Å². The van der Waals surface area contributed by atoms with Crippen LogP contribution in [0.3, 0.4) is 0 Å². The zero-order chi connectivity index (χ0) is 28.7. The van der Waals surface area contributed by atoms with Gasteiger partial charge in [0, 0.05) is 6.07 Å². The van der Waals surface area contributed by atoms with Gasteiger partial charge in [-0.2, -0.15) is 0 Å². The summed E-state index contributed by atoms with van der Waals surface area (Å²) in [4.78, 5) is 13.2. The molecule has 2 aliphatic rings. The molecule has 3 heterocycles. The molecule has 0 bridgehead atoms. The highest BCUT2D eigenvalue weighted by Crippen LogP contribution is 2.42. The predicted octanol–water partition coefficient (Wildman–Crippen LogP) is -1.39. The van der Waals surface area contributed by atoms with Crippen LogP contribution in [0.2, 0.25) is 0 Å². The van der Waals surface area contributed by atoms with Crippen LogP contribution in [0.25, 0.3) is 21.9 Å². The topological polar surface area (TPSA) is 207 Å². The lowest BCUT2D eigenvalue weighted by Gasteiger charge is -2.41. The number of benzene rings is 2. The second-order valence-electron chi connectivity index (χ2n) is 9.46. The van der Waals surface area contributed by atoms with Crippen LogP contribution in [-0.4, -0.2) is 113 Å². The van der Waals surface area contributed by atoms with Crippen molar-refractivity contribution in [3.05, 3.63) is 40.6 Å². The maximum atomic E-state index is 13.2. The summed E-state index contributed by atoms with van der Waals surface area (Å²) in [6, 6.07) is 7.95. The number of rotatable bonds is 7. The first-order chi connectivity index (χ1) is 19.2. The van der Waals surface area contributed by atoms with Gasteiger partial charge in [-0.25, -0.2) is 0 Å². The van der Waals surface area contributed by atoms with Gasteiger partial charge in [-0.05, 0) is 12.1 Å². The Morgan fingerprint density at radius 3 is 2.33 bits per heavy atom. The number of para-hydroxylation sites is 1. The molecule has 0 amide bonds. The van der Waals surface area contributed by atoms with Gasteiger partial charge in [0.1, 0.15) is 59.4 Å². The largest absolute Gasteiger partial charge is 0.496 e. The van der Waals surface area contributed by atoms with Crippen molar-refractivity contribution in [2.75, 3.05) is 27.4 Å². The second kappa shape index (κ2) is 11.4. The molecule has 2 saturated heterocycles. The third-order valence-corrected chi connectivity index (χ3v) is 6.95. The van der Waals surface area contributed by atoms with Crippen LogP contribution < -0.4 is 19.6 Å². The van der Waals surface area contributed by atoms with Crippen LogP contribution in [0.5, 0.6) is 17.2 Å². The number of aliphatic hydroxyl groups is 6. The minimum Gasteiger partial charge on any atom is -0.496 e. The first-order valence-electron chi connectivity index (χ1n) is 12.4. The highest BCUT2D eigenvalue weighted by molar-refractivity contribution is 5.97. The standard InChI is InChI=1S/C26H30O14/c1-34-13-7-14(23(35-2)24-16(13)17(28)10-5-3-4-6-12(10)38-24)39-26-22(33)20(31)19(30)15(40-26)9-37-25-21(32)18(29)11(27)8-36-25/h3-7,11,15,18-22,25-27,29-33H,8-9H2,1-2H3/t11-,15+,18-,19+,20-,21+,22+,25-,26+/m0/s1. The Hall–Kier alpha value is -3.05. The van der Waals surface area contributed by atoms with Crippen molar-refractivity contribution in [3.63, 3.8) is 0 Å². The van der Waals surface area contributed by atoms with E-state index in [1.807, 2.05) is 0 Å². The summed E-state index contributed by atoms with van der Waals surface area (Å²) in [6.45, 7) is -0.770. The maximum absolute atomic E-state index is 13.2. The number of ether oxygens (including phenoxy) is 6. The minimum atomic E-state index is -1.74. The van der Waals surface area contributed by atoms with E-state index in [4.69, 9.17) is 32.8 Å². The molecule has 9 atom stereocenters. The molecule has 0 unspecified atom stereocenters. The smallest absolute Gasteiger partial charge is 0.229 e. The number of hydrogen-bond donors (Lipinski definition) is 6. The minimum absolute atomic E-state index is 0.00972. The van der Waals surface area contributed by atoms with Crippen LogP contribution >= 0.6 is 0 Å². The Kier molecular flexibility index (Phi) is 8.15. The molecule has 6 N–H and O–H groups in total. The Balaban J connectivity index is 1.43. The summed E-state index contributed by atoms with van der Waals surface area (Å²) in [5.74, 6) is -0.00452. The highest BCUT2D eigenvalue weighted by Gasteiger charge is 2.47. The lowest BCUT2D eigenvalue weighted by Crippen LogP contribution is -2.61. The van der Waals surface area contributed by atoms with Gasteiger partial charge >= 0.3 is 0 Å². The second-order valence-corrected chi connectivity index (χ2v) is 9.46. The van der Waals surface area contributed by atoms with E-state index in [9.17, 15) is 35.4 Å². The molecular formula is C26H30O14. The van der Waals surface area contributed by atoms with E-state index in [0.29, 0.717) is 5.39 Å². The van der Waals surface area contributed by atoms with Crippen LogP contribution in [0, 0.1) is 0 Å². The fourth-order valence-corrected chi connectivity index (χ4v) is 4.73. The van der Waals surface area contributed by atoms with Gasteiger partial charge in [-0.15, -0.1) is 0 Å². The molecule has 14 nitrogen and oxygen atoms in total. The average molecular weight is 567 g/mol. The van der Waals surface area contributed by atoms with E-state index in [0.717, 1.165) is 0 Å². The zero-order valence-electron chi connectivity index (χ0n) is 21.4. The number of fused-ring (bicyclic) bond motifs is 2. The molecule has 2 aliphatic heterocycles. The van der Waals surface area contributed by atoms with Gasteiger partial charge in [0.05, 0.1) is 32.8 Å². The third kappa shape index (κ3) is 4.98. The molecule has 14 heteroatoms. The van der Waals surface area contributed by atoms with Crippen LogP contribution in [-0.2, 0) is 14.2 Å². The molecule has 1 aromatic heterocycles. The summed E-state index contributed by atoms with van der Waals surface area (Å²) in [7, 11) is 2.66. The molecule has 5 rings (SSSR count). The first-order valence-corrected chi connectivity index (χ1v) is 12.4. The van der Waals surface area contributed by atoms with Gasteiger partial charge in [0.2, 0.25) is 17.5 Å². The molecule has 3 aromatic rings. The monoisotopic (exact) mass is 566 g/mol. The number of hydrogen-bond acceptors (Lipinski definition) is 14. The van der Waals surface area contributed by atoms with E-state index in [1.54, 1.807) is 24.3 Å². The van der Waals surface area contributed by atoms with E-state index in [-0.39, 0.29) is 45.8 Å². The summed E-state index contributed by atoms with van der Waals surface area (Å²) in [6.07, 6.45) is -13.8. The third-order valence-electron chi connectivity index (χ3n) is 6.95. The van der Waals surface area contributed by atoms with E-state index < -0.39 is 61.9 Å². The Labute approximate surface area is 226 Å². The Bertz CT molecular complexity index is 1410. The van der Waals surface area contributed by atoms with E-state index in [2.05, 4.69) is 0 Å². The molecule has 0 aliphatic carbocycles. The van der Waals surface area contributed by atoms with Gasteiger partial charge in [0.25, 0.3) is 0 Å². The summed E-state index contributed by atoms with van der Waals surface area (Å²) < 4.78 is 39.0. The van der Waals surface area contributed by atoms with Gasteiger partial charge < -0.3 is 63.5 Å². The van der Waals surface area contributed by atoms with Crippen molar-refractivity contribution < 1.29 is 63.5 Å². The first kappa shape index (κ1) is 28.5. The quantitative estimate of drug-likeness (QED) is 0.182. The highest BCUT2D eigenvalue weighted by atomic mass is 16.7. The summed E-state index contributed by atoms with van der Waals surface area (Å²) in [5, 5.41) is 61.6. The fourth-order valence-electron chi connectivity index (χ4n) is 4.73. The van der Waals surface area contributed by atoms with Gasteiger partial charge in [-0.1, -0.05) is 12.1 Å². The summed E-state index contributed by atoms with van der Waals surface area (Å²) in [5.41, 5.74) is -0.0736. The number of aliphatic hydroxyl groups excluding tert-OH is 6. The molecule has 0 saturated carbocycles. The lowest BCUT2D eigenvalue weighted by molar-refractivity contribution is -0.307. The van der Waals surface area contributed by atoms with Gasteiger partial charge in [-0.3, -0.25) is 4.79 Å².